The molecule has 2 aliphatic rings. The second kappa shape index (κ2) is 9.07. The van der Waals surface area contributed by atoms with E-state index in [0.717, 1.165) is 57.3 Å². The van der Waals surface area contributed by atoms with Gasteiger partial charge in [0.15, 0.2) is 0 Å². The Morgan fingerprint density at radius 1 is 1.03 bits per heavy atom. The summed E-state index contributed by atoms with van der Waals surface area (Å²) in [6.45, 7) is 7.71. The molecule has 1 N–H and O–H groups in total. The summed E-state index contributed by atoms with van der Waals surface area (Å²) in [6.07, 6.45) is 4.97. The molecule has 2 fully saturated rings. The second-order valence-electron chi connectivity index (χ2n) is 8.98. The topological polar surface area (TPSA) is 26.7 Å². The van der Waals surface area contributed by atoms with Crippen LogP contribution in [0.15, 0.2) is 48.5 Å². The van der Waals surface area contributed by atoms with Crippen LogP contribution in [0.2, 0.25) is 0 Å². The zero-order valence-electron chi connectivity index (χ0n) is 18.4. The quantitative estimate of drug-likeness (QED) is 0.677. The Balaban J connectivity index is 1.67. The van der Waals surface area contributed by atoms with Crippen molar-refractivity contribution in [3.8, 4) is 0 Å². The molecular weight excluding hydrogens is 375 g/mol. The van der Waals surface area contributed by atoms with E-state index in [-0.39, 0.29) is 17.8 Å². The first-order chi connectivity index (χ1) is 14.6. The zero-order chi connectivity index (χ0) is 21.1. The molecule has 3 atom stereocenters. The maximum atomic E-state index is 14.4. The Labute approximate surface area is 180 Å². The van der Waals surface area contributed by atoms with Crippen LogP contribution in [0.5, 0.6) is 0 Å². The molecule has 1 saturated carbocycles. The molecule has 0 bridgehead atoms. The van der Waals surface area contributed by atoms with Crippen molar-refractivity contribution < 1.29 is 9.50 Å². The smallest absolute Gasteiger partial charge is 0.127 e. The Morgan fingerprint density at radius 3 is 2.47 bits per heavy atom. The van der Waals surface area contributed by atoms with Crippen molar-refractivity contribution in [2.24, 2.45) is 5.92 Å². The summed E-state index contributed by atoms with van der Waals surface area (Å²) in [7, 11) is 0. The van der Waals surface area contributed by atoms with Gasteiger partial charge in [0.1, 0.15) is 5.82 Å². The largest absolute Gasteiger partial charge is 0.389 e. The minimum Gasteiger partial charge on any atom is -0.389 e. The van der Waals surface area contributed by atoms with E-state index in [0.29, 0.717) is 6.54 Å². The average molecular weight is 411 g/mol. The monoisotopic (exact) mass is 410 g/mol. The van der Waals surface area contributed by atoms with E-state index in [1.807, 2.05) is 12.1 Å². The van der Waals surface area contributed by atoms with Crippen LogP contribution in [0.1, 0.15) is 63.1 Å². The highest BCUT2D eigenvalue weighted by Gasteiger charge is 2.48. The Hall–Kier alpha value is -1.91. The van der Waals surface area contributed by atoms with E-state index in [2.05, 4.69) is 47.9 Å². The SMILES string of the molecule is CCN(CC)c1ccc([C@H]2[C@H]3CCCC[C@]3(O)CCN2Cc2ccccc2F)cc1. The molecule has 0 unspecified atom stereocenters. The van der Waals surface area contributed by atoms with Crippen molar-refractivity contribution in [3.63, 3.8) is 0 Å². The fourth-order valence-electron chi connectivity index (χ4n) is 5.68. The van der Waals surface area contributed by atoms with Crippen molar-refractivity contribution >= 4 is 5.69 Å². The molecular formula is C26H35FN2O. The van der Waals surface area contributed by atoms with Gasteiger partial charge in [-0.25, -0.2) is 4.39 Å². The number of anilines is 1. The standard InChI is InChI=1S/C26H35FN2O/c1-3-28(4-2)22-14-12-20(13-15-22)25-23-10-7-8-16-26(23,30)17-18-29(25)19-21-9-5-6-11-24(21)27/h5-6,9,11-15,23,25,30H,3-4,7-8,10,16-19H2,1-2H3/t23-,25+,26+/m1/s1. The predicted octanol–water partition coefficient (Wildman–Crippen LogP) is 5.54. The van der Waals surface area contributed by atoms with Crippen LogP contribution in [-0.2, 0) is 6.54 Å². The van der Waals surface area contributed by atoms with E-state index in [9.17, 15) is 9.50 Å². The highest BCUT2D eigenvalue weighted by Crippen LogP contribution is 2.49. The number of piperidine rings is 1. The molecule has 0 aromatic heterocycles. The summed E-state index contributed by atoms with van der Waals surface area (Å²) in [6, 6.07) is 16.1. The Morgan fingerprint density at radius 2 is 1.77 bits per heavy atom. The van der Waals surface area contributed by atoms with Crippen LogP contribution in [0.4, 0.5) is 10.1 Å². The predicted molar refractivity (Wildman–Crippen MR) is 121 cm³/mol. The van der Waals surface area contributed by atoms with Gasteiger partial charge in [0.05, 0.1) is 5.60 Å². The fourth-order valence-corrected chi connectivity index (χ4v) is 5.68. The van der Waals surface area contributed by atoms with Crippen molar-refractivity contribution in [1.29, 1.82) is 0 Å². The fraction of sp³-hybridized carbons (Fsp3) is 0.538. The van der Waals surface area contributed by atoms with E-state index in [1.165, 1.54) is 11.3 Å². The molecule has 1 saturated heterocycles. The van der Waals surface area contributed by atoms with Crippen LogP contribution >= 0.6 is 0 Å². The number of hydrogen-bond acceptors (Lipinski definition) is 3. The van der Waals surface area contributed by atoms with Gasteiger partial charge in [0.25, 0.3) is 0 Å². The lowest BCUT2D eigenvalue weighted by molar-refractivity contribution is -0.126. The molecule has 162 valence electrons. The number of aliphatic hydroxyl groups is 1. The molecule has 0 radical (unpaired) electrons. The van der Waals surface area contributed by atoms with Gasteiger partial charge in [0, 0.05) is 49.4 Å². The van der Waals surface area contributed by atoms with Crippen LogP contribution in [0, 0.1) is 11.7 Å². The number of nitrogens with zero attached hydrogens (tertiary/aromatic N) is 2. The van der Waals surface area contributed by atoms with Gasteiger partial charge in [0.2, 0.25) is 0 Å². The minimum absolute atomic E-state index is 0.120. The van der Waals surface area contributed by atoms with E-state index in [4.69, 9.17) is 0 Å². The lowest BCUT2D eigenvalue weighted by atomic mass is 9.66. The first kappa shape index (κ1) is 21.3. The van der Waals surface area contributed by atoms with Crippen LogP contribution in [0.3, 0.4) is 0 Å². The lowest BCUT2D eigenvalue weighted by Crippen LogP contribution is -2.54. The molecule has 30 heavy (non-hydrogen) atoms. The maximum absolute atomic E-state index is 14.4. The molecule has 1 heterocycles. The molecule has 2 aromatic rings. The first-order valence-corrected chi connectivity index (χ1v) is 11.6. The number of halogens is 1. The van der Waals surface area contributed by atoms with Crippen molar-refractivity contribution in [3.05, 3.63) is 65.5 Å². The van der Waals surface area contributed by atoms with Crippen LogP contribution in [0.25, 0.3) is 0 Å². The summed E-state index contributed by atoms with van der Waals surface area (Å²) in [4.78, 5) is 4.74. The molecule has 0 amide bonds. The number of rotatable bonds is 6. The summed E-state index contributed by atoms with van der Waals surface area (Å²) >= 11 is 0. The maximum Gasteiger partial charge on any atom is 0.127 e. The van der Waals surface area contributed by atoms with Gasteiger partial charge in [-0.15, -0.1) is 0 Å². The number of hydrogen-bond donors (Lipinski definition) is 1. The normalized spacial score (nSPS) is 26.9. The van der Waals surface area contributed by atoms with Gasteiger partial charge in [-0.3, -0.25) is 4.90 Å². The summed E-state index contributed by atoms with van der Waals surface area (Å²) in [5, 5.41) is 11.5. The Bertz CT molecular complexity index is 835. The molecule has 1 aliphatic heterocycles. The molecule has 4 heteroatoms. The lowest BCUT2D eigenvalue weighted by Gasteiger charge is -2.53. The average Bonchev–Trinajstić information content (AvgIpc) is 2.77. The van der Waals surface area contributed by atoms with E-state index >= 15 is 0 Å². The third-order valence-electron chi connectivity index (χ3n) is 7.37. The summed E-state index contributed by atoms with van der Waals surface area (Å²) in [5.41, 5.74) is 2.63. The highest BCUT2D eigenvalue weighted by atomic mass is 19.1. The third kappa shape index (κ3) is 4.13. The summed E-state index contributed by atoms with van der Waals surface area (Å²) < 4.78 is 14.4. The van der Waals surface area contributed by atoms with Gasteiger partial charge in [-0.1, -0.05) is 43.2 Å². The van der Waals surface area contributed by atoms with Gasteiger partial charge < -0.3 is 10.0 Å². The van der Waals surface area contributed by atoms with Crippen molar-refractivity contribution in [2.75, 3.05) is 24.5 Å². The van der Waals surface area contributed by atoms with Crippen molar-refractivity contribution in [1.82, 2.24) is 4.90 Å². The molecule has 1 aliphatic carbocycles. The van der Waals surface area contributed by atoms with Gasteiger partial charge in [-0.05, 0) is 56.9 Å². The minimum atomic E-state index is -0.591. The van der Waals surface area contributed by atoms with Crippen molar-refractivity contribution in [2.45, 2.75) is 64.1 Å². The van der Waals surface area contributed by atoms with Crippen LogP contribution in [-0.4, -0.2) is 35.2 Å². The second-order valence-corrected chi connectivity index (χ2v) is 8.98. The van der Waals surface area contributed by atoms with E-state index in [1.54, 1.807) is 12.1 Å². The first-order valence-electron chi connectivity index (χ1n) is 11.6. The third-order valence-corrected chi connectivity index (χ3v) is 7.37. The number of benzene rings is 2. The zero-order valence-corrected chi connectivity index (χ0v) is 18.4. The summed E-state index contributed by atoms with van der Waals surface area (Å²) in [5.74, 6) is 0.0590. The molecule has 3 nitrogen and oxygen atoms in total. The Kier molecular flexibility index (Phi) is 6.45. The van der Waals surface area contributed by atoms with Gasteiger partial charge >= 0.3 is 0 Å². The molecule has 2 aromatic carbocycles. The van der Waals surface area contributed by atoms with Gasteiger partial charge in [-0.2, -0.15) is 0 Å². The molecule has 0 spiro atoms. The highest BCUT2D eigenvalue weighted by molar-refractivity contribution is 5.48. The number of likely N-dealkylation sites (tertiary alicyclic amines) is 1. The molecule has 4 rings (SSSR count). The number of fused-ring (bicyclic) bond motifs is 1. The van der Waals surface area contributed by atoms with E-state index < -0.39 is 5.60 Å². The van der Waals surface area contributed by atoms with Crippen LogP contribution < -0.4 is 4.90 Å².